The molecule has 3 aromatic rings. The fraction of sp³-hybridized carbons (Fsp3) is 0.133. The standard InChI is InChI=1S/C15H14N4O2/c1-9-11(17-10-6-4-3-5-7-10)13(15(20)21)18-14-12(9)16-8-19(14)2/h3-8,17H,1-2H3,(H,20,21). The lowest BCUT2D eigenvalue weighted by molar-refractivity contribution is 0.0692. The highest BCUT2D eigenvalue weighted by Crippen LogP contribution is 2.28. The van der Waals surface area contributed by atoms with Gasteiger partial charge in [0.2, 0.25) is 0 Å². The van der Waals surface area contributed by atoms with Crippen LogP contribution < -0.4 is 5.32 Å². The molecule has 0 bridgehead atoms. The number of pyridine rings is 1. The summed E-state index contributed by atoms with van der Waals surface area (Å²) < 4.78 is 1.71. The summed E-state index contributed by atoms with van der Waals surface area (Å²) in [6.45, 7) is 1.84. The van der Waals surface area contributed by atoms with Gasteiger partial charge in [-0.15, -0.1) is 0 Å². The minimum Gasteiger partial charge on any atom is -0.476 e. The highest BCUT2D eigenvalue weighted by Gasteiger charge is 2.19. The van der Waals surface area contributed by atoms with Crippen LogP contribution in [0.4, 0.5) is 11.4 Å². The second kappa shape index (κ2) is 4.90. The largest absolute Gasteiger partial charge is 0.476 e. The monoisotopic (exact) mass is 282 g/mol. The van der Waals surface area contributed by atoms with E-state index < -0.39 is 5.97 Å². The van der Waals surface area contributed by atoms with Gasteiger partial charge in [-0.05, 0) is 19.1 Å². The molecule has 1 aromatic carbocycles. The number of anilines is 2. The first-order chi connectivity index (χ1) is 10.1. The molecule has 6 nitrogen and oxygen atoms in total. The number of aromatic carboxylic acids is 1. The van der Waals surface area contributed by atoms with E-state index in [1.807, 2.05) is 37.3 Å². The second-order valence-corrected chi connectivity index (χ2v) is 4.78. The van der Waals surface area contributed by atoms with Gasteiger partial charge in [0.25, 0.3) is 0 Å². The van der Waals surface area contributed by atoms with Crippen LogP contribution in [0.5, 0.6) is 0 Å². The number of aromatic nitrogens is 3. The summed E-state index contributed by atoms with van der Waals surface area (Å²) in [5.41, 5.74) is 3.29. The third-order valence-electron chi connectivity index (χ3n) is 3.34. The van der Waals surface area contributed by atoms with Crippen LogP contribution in [-0.2, 0) is 7.05 Å². The number of carboxylic acids is 1. The highest BCUT2D eigenvalue weighted by molar-refractivity contribution is 5.98. The number of nitrogens with one attached hydrogen (secondary N) is 1. The number of rotatable bonds is 3. The van der Waals surface area contributed by atoms with Gasteiger partial charge in [-0.3, -0.25) is 0 Å². The SMILES string of the molecule is Cc1c(Nc2ccccc2)c(C(=O)O)nc2c1ncn2C. The molecule has 0 atom stereocenters. The Hall–Kier alpha value is -2.89. The Morgan fingerprint density at radius 3 is 2.67 bits per heavy atom. The smallest absolute Gasteiger partial charge is 0.356 e. The number of carbonyl (C=O) groups is 1. The molecule has 21 heavy (non-hydrogen) atoms. The maximum Gasteiger partial charge on any atom is 0.356 e. The predicted molar refractivity (Wildman–Crippen MR) is 79.9 cm³/mol. The molecule has 0 saturated carbocycles. The van der Waals surface area contributed by atoms with Crippen LogP contribution in [0.25, 0.3) is 11.2 Å². The lowest BCUT2D eigenvalue weighted by Gasteiger charge is -2.12. The van der Waals surface area contributed by atoms with Gasteiger partial charge in [0.05, 0.1) is 12.0 Å². The van der Waals surface area contributed by atoms with Crippen LogP contribution in [0.15, 0.2) is 36.7 Å². The van der Waals surface area contributed by atoms with Gasteiger partial charge < -0.3 is 15.0 Å². The Morgan fingerprint density at radius 1 is 1.29 bits per heavy atom. The lowest BCUT2D eigenvalue weighted by atomic mass is 10.1. The lowest BCUT2D eigenvalue weighted by Crippen LogP contribution is -2.09. The molecule has 2 N–H and O–H groups in total. The quantitative estimate of drug-likeness (QED) is 0.772. The number of hydrogen-bond donors (Lipinski definition) is 2. The molecule has 0 aliphatic rings. The van der Waals surface area contributed by atoms with Crippen molar-refractivity contribution in [3.63, 3.8) is 0 Å². The summed E-state index contributed by atoms with van der Waals surface area (Å²) in [5.74, 6) is -1.07. The number of aryl methyl sites for hydroxylation is 2. The Balaban J connectivity index is 2.22. The zero-order chi connectivity index (χ0) is 15.0. The van der Waals surface area contributed by atoms with Crippen LogP contribution in [0.2, 0.25) is 0 Å². The van der Waals surface area contributed by atoms with E-state index in [2.05, 4.69) is 15.3 Å². The van der Waals surface area contributed by atoms with E-state index in [4.69, 9.17) is 0 Å². The topological polar surface area (TPSA) is 80.0 Å². The normalized spacial score (nSPS) is 10.8. The van der Waals surface area contributed by atoms with Crippen molar-refractivity contribution in [1.82, 2.24) is 14.5 Å². The van der Waals surface area contributed by atoms with Crippen LogP contribution in [0, 0.1) is 6.92 Å². The van der Waals surface area contributed by atoms with Gasteiger partial charge in [0.15, 0.2) is 11.3 Å². The Morgan fingerprint density at radius 2 is 2.00 bits per heavy atom. The molecule has 0 aliphatic heterocycles. The van der Waals surface area contributed by atoms with Crippen molar-refractivity contribution < 1.29 is 9.90 Å². The fourth-order valence-electron chi connectivity index (χ4n) is 2.25. The van der Waals surface area contributed by atoms with Crippen LogP contribution in [0.3, 0.4) is 0 Å². The van der Waals surface area contributed by atoms with Crippen molar-refractivity contribution in [1.29, 1.82) is 0 Å². The summed E-state index contributed by atoms with van der Waals surface area (Å²) in [6.07, 6.45) is 1.63. The molecule has 0 radical (unpaired) electrons. The maximum absolute atomic E-state index is 11.5. The number of benzene rings is 1. The molecule has 6 heteroatoms. The average Bonchev–Trinajstić information content (AvgIpc) is 2.84. The van der Waals surface area contributed by atoms with Crippen LogP contribution in [-0.4, -0.2) is 25.6 Å². The van der Waals surface area contributed by atoms with Gasteiger partial charge in [0.1, 0.15) is 5.52 Å². The number of nitrogens with zero attached hydrogens (tertiary/aromatic N) is 3. The van der Waals surface area contributed by atoms with Crippen LogP contribution in [0.1, 0.15) is 16.1 Å². The number of imidazole rings is 1. The van der Waals surface area contributed by atoms with Gasteiger partial charge in [-0.25, -0.2) is 14.8 Å². The summed E-state index contributed by atoms with van der Waals surface area (Å²) in [5, 5.41) is 12.6. The van der Waals surface area contributed by atoms with Gasteiger partial charge in [-0.1, -0.05) is 18.2 Å². The molecular weight excluding hydrogens is 268 g/mol. The molecule has 3 rings (SSSR count). The molecule has 0 fully saturated rings. The summed E-state index contributed by atoms with van der Waals surface area (Å²) in [6, 6.07) is 9.40. The van der Waals surface area contributed by atoms with E-state index in [1.165, 1.54) is 0 Å². The first-order valence-electron chi connectivity index (χ1n) is 6.45. The molecule has 0 aliphatic carbocycles. The summed E-state index contributed by atoms with van der Waals surface area (Å²) in [4.78, 5) is 20.0. The fourth-order valence-corrected chi connectivity index (χ4v) is 2.25. The maximum atomic E-state index is 11.5. The number of para-hydroxylation sites is 1. The Kier molecular flexibility index (Phi) is 3.06. The third-order valence-corrected chi connectivity index (χ3v) is 3.34. The number of fused-ring (bicyclic) bond motifs is 1. The first kappa shape index (κ1) is 13.1. The van der Waals surface area contributed by atoms with Gasteiger partial charge in [0, 0.05) is 18.3 Å². The minimum absolute atomic E-state index is 0.00699. The van der Waals surface area contributed by atoms with Crippen molar-refractivity contribution in [2.75, 3.05) is 5.32 Å². The van der Waals surface area contributed by atoms with Gasteiger partial charge >= 0.3 is 5.97 Å². The van der Waals surface area contributed by atoms with E-state index in [9.17, 15) is 9.90 Å². The van der Waals surface area contributed by atoms with Crippen molar-refractivity contribution in [3.05, 3.63) is 47.9 Å². The molecule has 2 heterocycles. The first-order valence-corrected chi connectivity index (χ1v) is 6.45. The summed E-state index contributed by atoms with van der Waals surface area (Å²) >= 11 is 0. The summed E-state index contributed by atoms with van der Waals surface area (Å²) in [7, 11) is 1.79. The minimum atomic E-state index is -1.07. The molecule has 106 valence electrons. The van der Waals surface area contributed by atoms with Gasteiger partial charge in [-0.2, -0.15) is 0 Å². The Labute approximate surface area is 121 Å². The number of carboxylic acid groups (broad SMARTS) is 1. The van der Waals surface area contributed by atoms with E-state index in [-0.39, 0.29) is 5.69 Å². The van der Waals surface area contributed by atoms with E-state index in [1.54, 1.807) is 17.9 Å². The molecule has 0 spiro atoms. The molecule has 0 unspecified atom stereocenters. The molecule has 0 saturated heterocycles. The van der Waals surface area contributed by atoms with Crippen LogP contribution >= 0.6 is 0 Å². The number of hydrogen-bond acceptors (Lipinski definition) is 4. The van der Waals surface area contributed by atoms with Crippen molar-refractivity contribution >= 4 is 28.5 Å². The third kappa shape index (κ3) is 2.20. The highest BCUT2D eigenvalue weighted by atomic mass is 16.4. The molecule has 0 amide bonds. The molecule has 2 aromatic heterocycles. The van der Waals surface area contributed by atoms with E-state index >= 15 is 0 Å². The molecular formula is C15H14N4O2. The van der Waals surface area contributed by atoms with Crippen molar-refractivity contribution in [2.24, 2.45) is 7.05 Å². The van der Waals surface area contributed by atoms with Crippen molar-refractivity contribution in [3.8, 4) is 0 Å². The van der Waals surface area contributed by atoms with Crippen molar-refractivity contribution in [2.45, 2.75) is 6.92 Å². The predicted octanol–water partition coefficient (Wildman–Crippen LogP) is 2.72. The Bertz CT molecular complexity index is 825. The van der Waals surface area contributed by atoms with E-state index in [0.717, 1.165) is 11.3 Å². The average molecular weight is 282 g/mol. The zero-order valence-electron chi connectivity index (χ0n) is 11.7. The van der Waals surface area contributed by atoms with E-state index in [0.29, 0.717) is 16.9 Å². The second-order valence-electron chi connectivity index (χ2n) is 4.78. The zero-order valence-corrected chi connectivity index (χ0v) is 11.7.